The summed E-state index contributed by atoms with van der Waals surface area (Å²) >= 11 is 3.76. The summed E-state index contributed by atoms with van der Waals surface area (Å²) < 4.78 is 0. The van der Waals surface area contributed by atoms with Crippen molar-refractivity contribution in [3.05, 3.63) is 32.5 Å². The standard InChI is InChI=1S/C16H23N3S2/c1-4-17-9-14-15(11(2)3)18-16(21-14)19-7-5-13-12(10-19)6-8-20-13/h6,8,11,17H,4-5,7,9-10H2,1-3H3. The van der Waals surface area contributed by atoms with Crippen molar-refractivity contribution in [1.29, 1.82) is 0 Å². The van der Waals surface area contributed by atoms with E-state index >= 15 is 0 Å². The first-order valence-corrected chi connectivity index (χ1v) is 9.39. The van der Waals surface area contributed by atoms with E-state index in [0.717, 1.165) is 32.6 Å². The number of rotatable bonds is 5. The minimum atomic E-state index is 0.491. The predicted molar refractivity (Wildman–Crippen MR) is 92.7 cm³/mol. The lowest BCUT2D eigenvalue weighted by atomic mass is 10.1. The fourth-order valence-electron chi connectivity index (χ4n) is 2.71. The Morgan fingerprint density at radius 3 is 3.05 bits per heavy atom. The molecule has 0 bridgehead atoms. The first-order valence-electron chi connectivity index (χ1n) is 7.69. The summed E-state index contributed by atoms with van der Waals surface area (Å²) in [5, 5.41) is 6.85. The molecule has 0 amide bonds. The molecule has 1 aliphatic heterocycles. The van der Waals surface area contributed by atoms with Crippen LogP contribution >= 0.6 is 22.7 Å². The summed E-state index contributed by atoms with van der Waals surface area (Å²) in [5.41, 5.74) is 2.76. The van der Waals surface area contributed by atoms with Gasteiger partial charge in [-0.2, -0.15) is 0 Å². The zero-order valence-corrected chi connectivity index (χ0v) is 14.6. The molecule has 0 aliphatic carbocycles. The van der Waals surface area contributed by atoms with Crippen LogP contribution in [0.25, 0.3) is 0 Å². The Kier molecular flexibility index (Phi) is 4.62. The van der Waals surface area contributed by atoms with E-state index in [0.29, 0.717) is 5.92 Å². The molecular weight excluding hydrogens is 298 g/mol. The molecule has 21 heavy (non-hydrogen) atoms. The zero-order chi connectivity index (χ0) is 14.8. The molecule has 0 saturated heterocycles. The van der Waals surface area contributed by atoms with Crippen molar-refractivity contribution in [2.45, 2.75) is 46.2 Å². The molecule has 0 aromatic carbocycles. The summed E-state index contributed by atoms with van der Waals surface area (Å²) in [6, 6.07) is 2.27. The third-order valence-electron chi connectivity index (χ3n) is 3.88. The lowest BCUT2D eigenvalue weighted by Crippen LogP contribution is -2.29. The van der Waals surface area contributed by atoms with Crippen molar-refractivity contribution in [3.63, 3.8) is 0 Å². The van der Waals surface area contributed by atoms with Crippen LogP contribution in [0.3, 0.4) is 0 Å². The Balaban J connectivity index is 1.82. The van der Waals surface area contributed by atoms with Crippen molar-refractivity contribution in [3.8, 4) is 0 Å². The smallest absolute Gasteiger partial charge is 0.186 e. The first-order chi connectivity index (χ1) is 10.2. The topological polar surface area (TPSA) is 28.2 Å². The summed E-state index contributed by atoms with van der Waals surface area (Å²) in [5.74, 6) is 0.491. The van der Waals surface area contributed by atoms with Crippen LogP contribution in [0.2, 0.25) is 0 Å². The zero-order valence-electron chi connectivity index (χ0n) is 13.0. The van der Waals surface area contributed by atoms with E-state index in [1.807, 2.05) is 22.7 Å². The molecule has 0 spiro atoms. The highest BCUT2D eigenvalue weighted by Gasteiger charge is 2.22. The second-order valence-electron chi connectivity index (χ2n) is 5.78. The Labute approximate surface area is 135 Å². The second kappa shape index (κ2) is 6.46. The van der Waals surface area contributed by atoms with Gasteiger partial charge in [0.15, 0.2) is 5.13 Å². The number of anilines is 1. The maximum atomic E-state index is 4.95. The number of thiophene rings is 1. The van der Waals surface area contributed by atoms with Gasteiger partial charge in [0, 0.05) is 29.4 Å². The van der Waals surface area contributed by atoms with Crippen molar-refractivity contribution in [2.24, 2.45) is 0 Å². The van der Waals surface area contributed by atoms with E-state index in [9.17, 15) is 0 Å². The third kappa shape index (κ3) is 3.15. The molecule has 2 aromatic rings. The average molecular weight is 322 g/mol. The van der Waals surface area contributed by atoms with Gasteiger partial charge in [-0.25, -0.2) is 4.98 Å². The normalized spacial score (nSPS) is 14.8. The number of hydrogen-bond donors (Lipinski definition) is 1. The van der Waals surface area contributed by atoms with E-state index in [-0.39, 0.29) is 0 Å². The molecule has 1 N–H and O–H groups in total. The number of nitrogens with one attached hydrogen (secondary N) is 1. The minimum Gasteiger partial charge on any atom is -0.343 e. The van der Waals surface area contributed by atoms with Gasteiger partial charge in [-0.1, -0.05) is 20.8 Å². The Bertz CT molecular complexity index is 600. The molecule has 1 aliphatic rings. The summed E-state index contributed by atoms with van der Waals surface area (Å²) in [7, 11) is 0. The maximum absolute atomic E-state index is 4.95. The minimum absolute atomic E-state index is 0.491. The molecule has 5 heteroatoms. The quantitative estimate of drug-likeness (QED) is 0.902. The summed E-state index contributed by atoms with van der Waals surface area (Å²) in [6.07, 6.45) is 1.16. The first kappa shape index (κ1) is 15.0. The van der Waals surface area contributed by atoms with Gasteiger partial charge in [-0.15, -0.1) is 22.7 Å². The monoisotopic (exact) mass is 321 g/mol. The molecule has 2 aromatic heterocycles. The summed E-state index contributed by atoms with van der Waals surface area (Å²) in [4.78, 5) is 10.4. The van der Waals surface area contributed by atoms with Gasteiger partial charge >= 0.3 is 0 Å². The lowest BCUT2D eigenvalue weighted by Gasteiger charge is -2.26. The van der Waals surface area contributed by atoms with Gasteiger partial charge in [0.25, 0.3) is 0 Å². The van der Waals surface area contributed by atoms with Gasteiger partial charge in [0.2, 0.25) is 0 Å². The van der Waals surface area contributed by atoms with Gasteiger partial charge < -0.3 is 10.2 Å². The largest absolute Gasteiger partial charge is 0.343 e. The Morgan fingerprint density at radius 2 is 2.29 bits per heavy atom. The number of aromatic nitrogens is 1. The van der Waals surface area contributed by atoms with Gasteiger partial charge in [0.05, 0.1) is 5.69 Å². The lowest BCUT2D eigenvalue weighted by molar-refractivity contribution is 0.709. The molecule has 0 atom stereocenters. The molecule has 3 heterocycles. The molecule has 0 radical (unpaired) electrons. The fourth-order valence-corrected chi connectivity index (χ4v) is 4.81. The van der Waals surface area contributed by atoms with Gasteiger partial charge in [-0.3, -0.25) is 0 Å². The Hall–Kier alpha value is -0.910. The highest BCUT2D eigenvalue weighted by Crippen LogP contribution is 2.34. The van der Waals surface area contributed by atoms with Crippen LogP contribution in [0.15, 0.2) is 11.4 Å². The molecule has 0 fully saturated rings. The SMILES string of the molecule is CCNCc1sc(N2CCc3sccc3C2)nc1C(C)C. The van der Waals surface area contributed by atoms with E-state index in [4.69, 9.17) is 4.98 Å². The molecule has 3 nitrogen and oxygen atoms in total. The van der Waals surface area contributed by atoms with Crippen molar-refractivity contribution in [1.82, 2.24) is 10.3 Å². The van der Waals surface area contributed by atoms with E-state index in [1.165, 1.54) is 21.3 Å². The van der Waals surface area contributed by atoms with Crippen LogP contribution < -0.4 is 10.2 Å². The number of fused-ring (bicyclic) bond motifs is 1. The number of nitrogens with zero attached hydrogens (tertiary/aromatic N) is 2. The molecule has 3 rings (SSSR count). The third-order valence-corrected chi connectivity index (χ3v) is 6.03. The summed E-state index contributed by atoms with van der Waals surface area (Å²) in [6.45, 7) is 10.7. The number of hydrogen-bond acceptors (Lipinski definition) is 5. The maximum Gasteiger partial charge on any atom is 0.186 e. The predicted octanol–water partition coefficient (Wildman–Crippen LogP) is 4.00. The molecular formula is C16H23N3S2. The van der Waals surface area contributed by atoms with Crippen molar-refractivity contribution >= 4 is 27.8 Å². The number of thiazole rings is 1. The van der Waals surface area contributed by atoms with E-state index < -0.39 is 0 Å². The van der Waals surface area contributed by atoms with Crippen LogP contribution in [-0.4, -0.2) is 18.1 Å². The molecule has 0 unspecified atom stereocenters. The van der Waals surface area contributed by atoms with Crippen LogP contribution in [0.1, 0.15) is 47.7 Å². The van der Waals surface area contributed by atoms with Crippen molar-refractivity contribution < 1.29 is 0 Å². The van der Waals surface area contributed by atoms with E-state index in [2.05, 4.69) is 42.4 Å². The van der Waals surface area contributed by atoms with Gasteiger partial charge in [0.1, 0.15) is 0 Å². The van der Waals surface area contributed by atoms with Crippen molar-refractivity contribution in [2.75, 3.05) is 18.0 Å². The van der Waals surface area contributed by atoms with Crippen LogP contribution in [0.5, 0.6) is 0 Å². The Morgan fingerprint density at radius 1 is 1.43 bits per heavy atom. The highest BCUT2D eigenvalue weighted by atomic mass is 32.1. The van der Waals surface area contributed by atoms with Crippen LogP contribution in [0.4, 0.5) is 5.13 Å². The molecule has 114 valence electrons. The van der Waals surface area contributed by atoms with Gasteiger partial charge in [-0.05, 0) is 35.9 Å². The molecule has 0 saturated carbocycles. The fraction of sp³-hybridized carbons (Fsp3) is 0.562. The van der Waals surface area contributed by atoms with Crippen LogP contribution in [-0.2, 0) is 19.5 Å². The van der Waals surface area contributed by atoms with E-state index in [1.54, 1.807) is 4.88 Å². The average Bonchev–Trinajstić information content (AvgIpc) is 3.10. The van der Waals surface area contributed by atoms with Crippen LogP contribution in [0, 0.1) is 0 Å². The highest BCUT2D eigenvalue weighted by molar-refractivity contribution is 7.15. The second-order valence-corrected chi connectivity index (χ2v) is 7.84.